The van der Waals surface area contributed by atoms with E-state index in [1.807, 2.05) is 23.1 Å². The van der Waals surface area contributed by atoms with E-state index < -0.39 is 48.9 Å². The third kappa shape index (κ3) is 4.34. The molecule has 0 unspecified atom stereocenters. The molecule has 0 aliphatic carbocycles. The minimum Gasteiger partial charge on any atom is -0.471 e. The Labute approximate surface area is 224 Å². The van der Waals surface area contributed by atoms with Crippen LogP contribution in [-0.2, 0) is 35.0 Å². The Morgan fingerprint density at radius 2 is 2.00 bits per heavy atom. The molecule has 1 aromatic heterocycles. The number of nitrogens with one attached hydrogen (secondary N) is 1. The molecule has 0 bridgehead atoms. The molecule has 2 fully saturated rings. The molecule has 4 N–H and O–H groups in total. The maximum atomic E-state index is 13.6. The van der Waals surface area contributed by atoms with Crippen molar-refractivity contribution in [3.63, 3.8) is 0 Å². The van der Waals surface area contributed by atoms with Gasteiger partial charge in [0.05, 0.1) is 17.9 Å². The van der Waals surface area contributed by atoms with Crippen LogP contribution < -0.4 is 0 Å². The molecule has 1 amide bonds. The number of H-pyrrole nitrogens is 1. The lowest BCUT2D eigenvalue weighted by Crippen LogP contribution is -2.60. The minimum absolute atomic E-state index is 0.0974. The molecule has 1 aromatic carbocycles. The van der Waals surface area contributed by atoms with E-state index in [4.69, 9.17) is 18.9 Å². The van der Waals surface area contributed by atoms with Gasteiger partial charge in [-0.25, -0.2) is 0 Å². The van der Waals surface area contributed by atoms with Crippen LogP contribution in [0, 0.1) is 11.8 Å². The van der Waals surface area contributed by atoms with Gasteiger partial charge in [0.1, 0.15) is 31.0 Å². The zero-order chi connectivity index (χ0) is 27.4. The van der Waals surface area contributed by atoms with Crippen molar-refractivity contribution >= 4 is 22.8 Å². The van der Waals surface area contributed by atoms with Crippen molar-refractivity contribution in [1.29, 1.82) is 0 Å². The molecule has 0 radical (unpaired) electrons. The van der Waals surface area contributed by atoms with E-state index in [9.17, 15) is 24.9 Å². The van der Waals surface area contributed by atoms with Crippen LogP contribution in [0.2, 0.25) is 0 Å². The van der Waals surface area contributed by atoms with Gasteiger partial charge in [0.2, 0.25) is 6.29 Å². The van der Waals surface area contributed by atoms with E-state index in [1.54, 1.807) is 6.08 Å². The number of hydrogen-bond donors (Lipinski definition) is 4. The summed E-state index contributed by atoms with van der Waals surface area (Å²) in [6, 6.07) is 7.97. The van der Waals surface area contributed by atoms with Gasteiger partial charge in [0.15, 0.2) is 6.29 Å². The molecule has 6 rings (SSSR count). The summed E-state index contributed by atoms with van der Waals surface area (Å²) in [6.07, 6.45) is -3.75. The lowest BCUT2D eigenvalue weighted by atomic mass is 9.74. The van der Waals surface area contributed by atoms with Crippen molar-refractivity contribution in [2.75, 3.05) is 13.2 Å². The highest BCUT2D eigenvalue weighted by molar-refractivity contribution is 5.96. The topological polar surface area (TPSA) is 151 Å². The molecule has 5 heterocycles. The van der Waals surface area contributed by atoms with Crippen molar-refractivity contribution in [2.24, 2.45) is 11.8 Å². The number of rotatable bonds is 5. The number of aromatic amines is 1. The highest BCUT2D eigenvalue weighted by Crippen LogP contribution is 2.48. The summed E-state index contributed by atoms with van der Waals surface area (Å²) in [7, 11) is 0. The van der Waals surface area contributed by atoms with Gasteiger partial charge < -0.3 is 44.2 Å². The Hall–Kier alpha value is -3.22. The Morgan fingerprint density at radius 3 is 2.77 bits per heavy atom. The van der Waals surface area contributed by atoms with Gasteiger partial charge in [-0.1, -0.05) is 24.3 Å². The first-order valence-corrected chi connectivity index (χ1v) is 13.2. The number of carbonyl (C=O) groups excluding carboxylic acids is 2. The van der Waals surface area contributed by atoms with Gasteiger partial charge in [-0.05, 0) is 24.5 Å². The third-order valence-electron chi connectivity index (χ3n) is 8.31. The van der Waals surface area contributed by atoms with Gasteiger partial charge in [-0.3, -0.25) is 9.59 Å². The summed E-state index contributed by atoms with van der Waals surface area (Å²) in [5, 5.41) is 32.4. The van der Waals surface area contributed by atoms with Crippen LogP contribution in [0.15, 0.2) is 48.8 Å². The highest BCUT2D eigenvalue weighted by atomic mass is 16.8. The summed E-state index contributed by atoms with van der Waals surface area (Å²) in [5.41, 5.74) is 3.84. The van der Waals surface area contributed by atoms with Crippen LogP contribution in [0.25, 0.3) is 10.9 Å². The van der Waals surface area contributed by atoms with Crippen LogP contribution in [-0.4, -0.2) is 87.2 Å². The molecule has 4 aliphatic rings. The number of amides is 1. The van der Waals surface area contributed by atoms with E-state index in [0.29, 0.717) is 18.5 Å². The van der Waals surface area contributed by atoms with Crippen molar-refractivity contribution in [2.45, 2.75) is 62.8 Å². The van der Waals surface area contributed by atoms with Gasteiger partial charge in [0, 0.05) is 41.9 Å². The maximum absolute atomic E-state index is 13.6. The lowest BCUT2D eigenvalue weighted by Gasteiger charge is -2.48. The number of benzene rings is 1. The Bertz CT molecular complexity index is 1320. The van der Waals surface area contributed by atoms with Gasteiger partial charge in [-0.2, -0.15) is 0 Å². The van der Waals surface area contributed by atoms with E-state index >= 15 is 0 Å². The number of para-hydroxylation sites is 1. The zero-order valence-electron chi connectivity index (χ0n) is 21.4. The largest absolute Gasteiger partial charge is 0.471 e. The standard InChI is InChI=1S/C28H32N2O9/c1-3-14-17-10-20-22-16(15-6-4-5-7-19(15)29-22)8-9-30(20)26(35)18(17)11-37-27(14)39-28-25(34)24(33)23(32)21(38-28)12-36-13(2)31/h3-7,11,14,17,20-21,23-25,27-29,32-34H,1,8-10,12H2,2H3/t14-,17-,20+,21+,23+,24-,25+,27-,28-/m0/s1. The SMILES string of the molecule is C=C[C@@H]1[C@H](O[C@@H]2O[C@H](COC(C)=O)[C@@H](O)[C@H](O)[C@H]2O)OC=C2C(=O)N3CCc4c([nH]c5ccccc45)[C@H]3C[C@H]21. The van der Waals surface area contributed by atoms with E-state index in [1.165, 1.54) is 24.1 Å². The molecular formula is C28H32N2O9. The van der Waals surface area contributed by atoms with Crippen LogP contribution in [0.5, 0.6) is 0 Å². The molecule has 9 atom stereocenters. The number of aliphatic hydroxyl groups excluding tert-OH is 3. The Kier molecular flexibility index (Phi) is 6.72. The summed E-state index contributed by atoms with van der Waals surface area (Å²) < 4.78 is 22.4. The van der Waals surface area contributed by atoms with Crippen LogP contribution in [0.3, 0.4) is 0 Å². The molecule has 2 saturated heterocycles. The van der Waals surface area contributed by atoms with Crippen LogP contribution >= 0.6 is 0 Å². The number of aliphatic hydroxyl groups is 3. The normalized spacial score (nSPS) is 35.8. The number of ether oxygens (including phenoxy) is 4. The molecule has 4 aliphatic heterocycles. The number of piperidine rings is 1. The lowest BCUT2D eigenvalue weighted by molar-refractivity contribution is -0.339. The molecule has 11 nitrogen and oxygen atoms in total. The summed E-state index contributed by atoms with van der Waals surface area (Å²) in [4.78, 5) is 30.3. The second kappa shape index (κ2) is 10.1. The molecule has 11 heteroatoms. The molecule has 208 valence electrons. The number of nitrogens with zero attached hydrogens (tertiary/aromatic N) is 1. The molecule has 39 heavy (non-hydrogen) atoms. The quantitative estimate of drug-likeness (QED) is 0.322. The first-order chi connectivity index (χ1) is 18.8. The second-order valence-corrected chi connectivity index (χ2v) is 10.5. The fourth-order valence-corrected chi connectivity index (χ4v) is 6.32. The zero-order valence-corrected chi connectivity index (χ0v) is 21.4. The van der Waals surface area contributed by atoms with Gasteiger partial charge >= 0.3 is 5.97 Å². The van der Waals surface area contributed by atoms with E-state index in [0.717, 1.165) is 17.6 Å². The number of esters is 1. The molecule has 0 saturated carbocycles. The Morgan fingerprint density at radius 1 is 1.21 bits per heavy atom. The molecular weight excluding hydrogens is 508 g/mol. The van der Waals surface area contributed by atoms with Crippen molar-refractivity contribution in [1.82, 2.24) is 9.88 Å². The Balaban J connectivity index is 1.25. The van der Waals surface area contributed by atoms with Crippen molar-refractivity contribution in [3.05, 3.63) is 60.0 Å². The fraction of sp³-hybridized carbons (Fsp3) is 0.500. The molecule has 0 spiro atoms. The fourth-order valence-electron chi connectivity index (χ4n) is 6.32. The summed E-state index contributed by atoms with van der Waals surface area (Å²) >= 11 is 0. The number of aromatic nitrogens is 1. The predicted molar refractivity (Wildman–Crippen MR) is 136 cm³/mol. The first-order valence-electron chi connectivity index (χ1n) is 13.2. The van der Waals surface area contributed by atoms with Crippen LogP contribution in [0.4, 0.5) is 0 Å². The monoisotopic (exact) mass is 540 g/mol. The minimum atomic E-state index is -1.60. The number of fused-ring (bicyclic) bond motifs is 6. The van der Waals surface area contributed by atoms with Crippen molar-refractivity contribution < 1.29 is 43.9 Å². The maximum Gasteiger partial charge on any atom is 0.302 e. The number of carbonyl (C=O) groups is 2. The average Bonchev–Trinajstić information content (AvgIpc) is 3.32. The predicted octanol–water partition coefficient (Wildman–Crippen LogP) is 1.04. The summed E-state index contributed by atoms with van der Waals surface area (Å²) in [5.74, 6) is -1.43. The first kappa shape index (κ1) is 26.0. The third-order valence-corrected chi connectivity index (χ3v) is 8.31. The molecule has 2 aromatic rings. The second-order valence-electron chi connectivity index (χ2n) is 10.5. The average molecular weight is 541 g/mol. The van der Waals surface area contributed by atoms with Gasteiger partial charge in [0.25, 0.3) is 5.91 Å². The summed E-state index contributed by atoms with van der Waals surface area (Å²) in [6.45, 7) is 5.45. The van der Waals surface area contributed by atoms with Crippen LogP contribution in [0.1, 0.15) is 30.6 Å². The number of hydrogen-bond acceptors (Lipinski definition) is 9. The highest BCUT2D eigenvalue weighted by Gasteiger charge is 2.51. The van der Waals surface area contributed by atoms with Gasteiger partial charge in [-0.15, -0.1) is 6.58 Å². The van der Waals surface area contributed by atoms with E-state index in [2.05, 4.69) is 17.6 Å². The smallest absolute Gasteiger partial charge is 0.302 e. The van der Waals surface area contributed by atoms with E-state index in [-0.39, 0.29) is 24.5 Å². The van der Waals surface area contributed by atoms with Crippen molar-refractivity contribution in [3.8, 4) is 0 Å².